The van der Waals surface area contributed by atoms with Gasteiger partial charge in [-0.1, -0.05) is 36.9 Å². The van der Waals surface area contributed by atoms with Crippen LogP contribution in [0.15, 0.2) is 18.2 Å². The molecule has 2 N–H and O–H groups in total. The van der Waals surface area contributed by atoms with Gasteiger partial charge in [-0.3, -0.25) is 9.59 Å². The highest BCUT2D eigenvalue weighted by molar-refractivity contribution is 6.31. The van der Waals surface area contributed by atoms with E-state index in [-0.39, 0.29) is 24.2 Å². The summed E-state index contributed by atoms with van der Waals surface area (Å²) in [4.78, 5) is 38.9. The van der Waals surface area contributed by atoms with Crippen LogP contribution in [0.3, 0.4) is 0 Å². The number of halogens is 1. The fourth-order valence-corrected chi connectivity index (χ4v) is 5.00. The van der Waals surface area contributed by atoms with E-state index in [9.17, 15) is 14.4 Å². The van der Waals surface area contributed by atoms with Gasteiger partial charge in [0.2, 0.25) is 11.8 Å². The summed E-state index contributed by atoms with van der Waals surface area (Å²) in [5.41, 5.74) is 1.01. The summed E-state index contributed by atoms with van der Waals surface area (Å²) < 4.78 is 5.17. The average molecular weight is 492 g/mol. The largest absolute Gasteiger partial charge is 0.444 e. The monoisotopic (exact) mass is 491 g/mol. The van der Waals surface area contributed by atoms with Crippen LogP contribution in [0, 0.1) is 5.92 Å². The molecule has 1 atom stereocenters. The smallest absolute Gasteiger partial charge is 0.407 e. The molecule has 0 spiro atoms. The first-order valence-electron chi connectivity index (χ1n) is 12.5. The molecule has 1 unspecified atom stereocenters. The van der Waals surface area contributed by atoms with Crippen LogP contribution in [0.25, 0.3) is 0 Å². The molecule has 0 bridgehead atoms. The van der Waals surface area contributed by atoms with Crippen molar-refractivity contribution in [2.24, 2.45) is 5.92 Å². The van der Waals surface area contributed by atoms with Gasteiger partial charge in [0.1, 0.15) is 5.60 Å². The maximum Gasteiger partial charge on any atom is 0.407 e. The summed E-state index contributed by atoms with van der Waals surface area (Å²) in [7, 11) is 0. The van der Waals surface area contributed by atoms with E-state index >= 15 is 0 Å². The zero-order valence-electron chi connectivity index (χ0n) is 20.6. The van der Waals surface area contributed by atoms with Crippen molar-refractivity contribution >= 4 is 35.2 Å². The molecule has 1 heterocycles. The van der Waals surface area contributed by atoms with Crippen molar-refractivity contribution in [3.8, 4) is 0 Å². The fraction of sp³-hybridized carbons (Fsp3) is 0.654. The van der Waals surface area contributed by atoms with Gasteiger partial charge >= 0.3 is 6.09 Å². The van der Waals surface area contributed by atoms with Crippen molar-refractivity contribution < 1.29 is 19.1 Å². The van der Waals surface area contributed by atoms with E-state index in [4.69, 9.17) is 16.3 Å². The highest BCUT2D eigenvalue weighted by Crippen LogP contribution is 2.32. The Bertz CT molecular complexity index is 877. The van der Waals surface area contributed by atoms with Gasteiger partial charge < -0.3 is 20.3 Å². The molecule has 34 heavy (non-hydrogen) atoms. The second kappa shape index (κ2) is 11.9. The van der Waals surface area contributed by atoms with Crippen LogP contribution >= 0.6 is 11.6 Å². The van der Waals surface area contributed by atoms with Gasteiger partial charge in [0.05, 0.1) is 0 Å². The minimum absolute atomic E-state index is 0.0164. The molecule has 8 heteroatoms. The number of alkyl carbamates (subject to hydrolysis) is 1. The van der Waals surface area contributed by atoms with Gasteiger partial charge in [0.25, 0.3) is 0 Å². The number of nitrogens with one attached hydrogen (secondary N) is 2. The summed E-state index contributed by atoms with van der Waals surface area (Å²) in [6.45, 7) is 6.61. The van der Waals surface area contributed by atoms with Crippen molar-refractivity contribution in [1.29, 1.82) is 0 Å². The number of carbonyl (C=O) groups excluding carboxylic acids is 3. The Balaban J connectivity index is 1.42. The molecule has 1 saturated carbocycles. The molecule has 1 aromatic carbocycles. The Kier molecular flexibility index (Phi) is 9.23. The summed E-state index contributed by atoms with van der Waals surface area (Å²) in [5, 5.41) is 6.05. The molecule has 2 aliphatic rings. The summed E-state index contributed by atoms with van der Waals surface area (Å²) >= 11 is 6.50. The summed E-state index contributed by atoms with van der Waals surface area (Å²) in [5.74, 6) is 0.0987. The maximum atomic E-state index is 13.0. The second-order valence-corrected chi connectivity index (χ2v) is 10.8. The molecular weight excluding hydrogens is 454 g/mol. The number of carbonyl (C=O) groups is 3. The SMILES string of the molecule is CC(C)(C)OC(=O)NCCCC(=O)Nc1ccc(CC2CCN(C3CCCCC3)C2=O)c(Cl)c1. The Morgan fingerprint density at radius 1 is 1.15 bits per heavy atom. The molecule has 1 saturated heterocycles. The van der Waals surface area contributed by atoms with Gasteiger partial charge in [0.15, 0.2) is 0 Å². The highest BCUT2D eigenvalue weighted by atomic mass is 35.5. The number of rotatable bonds is 8. The van der Waals surface area contributed by atoms with E-state index in [2.05, 4.69) is 15.5 Å². The van der Waals surface area contributed by atoms with Crippen molar-refractivity contribution in [1.82, 2.24) is 10.2 Å². The van der Waals surface area contributed by atoms with Crippen LogP contribution in [0.2, 0.25) is 5.02 Å². The first-order valence-corrected chi connectivity index (χ1v) is 12.9. The average Bonchev–Trinajstić information content (AvgIpc) is 3.12. The molecule has 0 aromatic heterocycles. The predicted molar refractivity (Wildman–Crippen MR) is 134 cm³/mol. The zero-order chi connectivity index (χ0) is 24.7. The Hall–Kier alpha value is -2.28. The third-order valence-corrected chi connectivity index (χ3v) is 6.77. The lowest BCUT2D eigenvalue weighted by molar-refractivity contribution is -0.133. The third-order valence-electron chi connectivity index (χ3n) is 6.42. The number of ether oxygens (including phenoxy) is 1. The van der Waals surface area contributed by atoms with Gasteiger partial charge in [-0.15, -0.1) is 0 Å². The summed E-state index contributed by atoms with van der Waals surface area (Å²) in [6, 6.07) is 5.89. The molecule has 2 fully saturated rings. The number of amides is 3. The topological polar surface area (TPSA) is 87.7 Å². The van der Waals surface area contributed by atoms with Crippen LogP contribution in [-0.2, 0) is 20.7 Å². The van der Waals surface area contributed by atoms with Crippen LogP contribution in [0.5, 0.6) is 0 Å². The first kappa shape index (κ1) is 26.3. The van der Waals surface area contributed by atoms with Gasteiger partial charge in [-0.2, -0.15) is 0 Å². The van der Waals surface area contributed by atoms with Gasteiger partial charge in [0, 0.05) is 42.2 Å². The highest BCUT2D eigenvalue weighted by Gasteiger charge is 2.36. The van der Waals surface area contributed by atoms with Crippen LogP contribution in [0.1, 0.15) is 77.7 Å². The Morgan fingerprint density at radius 3 is 2.56 bits per heavy atom. The lowest BCUT2D eigenvalue weighted by Gasteiger charge is -2.31. The lowest BCUT2D eigenvalue weighted by Crippen LogP contribution is -2.39. The van der Waals surface area contributed by atoms with E-state index in [0.717, 1.165) is 31.4 Å². The molecule has 3 amide bonds. The molecule has 1 aliphatic carbocycles. The predicted octanol–water partition coefficient (Wildman–Crippen LogP) is 5.31. The first-order chi connectivity index (χ1) is 16.1. The number of likely N-dealkylation sites (tertiary alicyclic amines) is 1. The number of hydrogen-bond acceptors (Lipinski definition) is 4. The van der Waals surface area contributed by atoms with E-state index in [1.807, 2.05) is 12.1 Å². The number of nitrogens with zero attached hydrogens (tertiary/aromatic N) is 1. The Morgan fingerprint density at radius 2 is 1.88 bits per heavy atom. The zero-order valence-corrected chi connectivity index (χ0v) is 21.4. The molecular formula is C26H38ClN3O4. The maximum absolute atomic E-state index is 13.0. The van der Waals surface area contributed by atoms with Crippen LogP contribution in [0.4, 0.5) is 10.5 Å². The standard InChI is InChI=1S/C26H38ClN3O4/c1-26(2,3)34-25(33)28-14-7-10-23(31)29-20-12-11-18(22(27)17-20)16-19-13-15-30(24(19)32)21-8-5-4-6-9-21/h11-12,17,19,21H,4-10,13-16H2,1-3H3,(H,28,33)(H,29,31). The minimum atomic E-state index is -0.549. The van der Waals surface area contributed by atoms with Crippen molar-refractivity contribution in [3.63, 3.8) is 0 Å². The Labute approximate surface area is 207 Å². The fourth-order valence-electron chi connectivity index (χ4n) is 4.74. The summed E-state index contributed by atoms with van der Waals surface area (Å²) in [6.07, 6.45) is 7.77. The van der Waals surface area contributed by atoms with Crippen LogP contribution < -0.4 is 10.6 Å². The second-order valence-electron chi connectivity index (χ2n) is 10.4. The van der Waals surface area contributed by atoms with Gasteiger partial charge in [-0.05, 0) is 70.6 Å². The van der Waals surface area contributed by atoms with E-state index < -0.39 is 11.7 Å². The molecule has 188 valence electrons. The number of anilines is 1. The number of hydrogen-bond donors (Lipinski definition) is 2. The van der Waals surface area contributed by atoms with E-state index in [1.165, 1.54) is 19.3 Å². The van der Waals surface area contributed by atoms with E-state index in [0.29, 0.717) is 36.1 Å². The normalized spacial score (nSPS) is 19.2. The quantitative estimate of drug-likeness (QED) is 0.482. The molecule has 3 rings (SSSR count). The van der Waals surface area contributed by atoms with Crippen LogP contribution in [-0.4, -0.2) is 47.5 Å². The van der Waals surface area contributed by atoms with Crippen molar-refractivity contribution in [3.05, 3.63) is 28.8 Å². The molecule has 1 aromatic rings. The number of benzene rings is 1. The van der Waals surface area contributed by atoms with E-state index in [1.54, 1.807) is 26.8 Å². The minimum Gasteiger partial charge on any atom is -0.444 e. The molecule has 0 radical (unpaired) electrons. The molecule has 1 aliphatic heterocycles. The third kappa shape index (κ3) is 7.90. The van der Waals surface area contributed by atoms with Crippen molar-refractivity contribution in [2.45, 2.75) is 90.2 Å². The lowest BCUT2D eigenvalue weighted by atomic mass is 9.94. The van der Waals surface area contributed by atoms with Gasteiger partial charge in [-0.25, -0.2) is 4.79 Å². The molecule has 7 nitrogen and oxygen atoms in total. The van der Waals surface area contributed by atoms with Crippen molar-refractivity contribution in [2.75, 3.05) is 18.4 Å².